The summed E-state index contributed by atoms with van der Waals surface area (Å²) >= 11 is 0. The molecular weight excluding hydrogens is 290 g/mol. The van der Waals surface area contributed by atoms with Crippen molar-refractivity contribution in [1.82, 2.24) is 0 Å². The van der Waals surface area contributed by atoms with E-state index in [1.807, 2.05) is 60.7 Å². The van der Waals surface area contributed by atoms with E-state index in [0.717, 1.165) is 22.2 Å². The molecule has 3 rings (SSSR count). The molecule has 3 aromatic rings. The predicted octanol–water partition coefficient (Wildman–Crippen LogP) is 3.87. The Labute approximate surface area is 134 Å². The number of rotatable bonds is 5. The molecule has 0 spiro atoms. The highest BCUT2D eigenvalue weighted by Crippen LogP contribution is 2.20. The highest BCUT2D eigenvalue weighted by atomic mass is 16.5. The quantitative estimate of drug-likeness (QED) is 0.574. The summed E-state index contributed by atoms with van der Waals surface area (Å²) in [6, 6.07) is 20.9. The molecule has 23 heavy (non-hydrogen) atoms. The molecule has 0 atom stereocenters. The van der Waals surface area contributed by atoms with Gasteiger partial charge in [0.05, 0.1) is 7.11 Å². The summed E-state index contributed by atoms with van der Waals surface area (Å²) in [6.45, 7) is 0.0964. The van der Waals surface area contributed by atoms with Gasteiger partial charge in [-0.05, 0) is 47.2 Å². The lowest BCUT2D eigenvalue weighted by atomic mass is 10.1. The number of esters is 1. The van der Waals surface area contributed by atoms with E-state index in [1.54, 1.807) is 13.2 Å². The molecule has 0 aliphatic rings. The smallest absolute Gasteiger partial charge is 0.330 e. The molecule has 3 aromatic carbocycles. The molecule has 0 radical (unpaired) electrons. The van der Waals surface area contributed by atoms with Crippen molar-refractivity contribution in [3.63, 3.8) is 0 Å². The van der Waals surface area contributed by atoms with Gasteiger partial charge in [-0.1, -0.05) is 30.3 Å². The van der Waals surface area contributed by atoms with Gasteiger partial charge in [-0.15, -0.1) is 0 Å². The number of carbonyl (C=O) groups excluding carboxylic acids is 1. The Kier molecular flexibility index (Phi) is 4.43. The fourth-order valence-corrected chi connectivity index (χ4v) is 2.28. The lowest BCUT2D eigenvalue weighted by Gasteiger charge is -2.08. The third-order valence-electron chi connectivity index (χ3n) is 3.48. The van der Waals surface area contributed by atoms with Crippen molar-refractivity contribution in [3.8, 4) is 11.5 Å². The van der Waals surface area contributed by atoms with Crippen molar-refractivity contribution in [2.75, 3.05) is 19.0 Å². The number of fused-ring (bicyclic) bond motifs is 1. The van der Waals surface area contributed by atoms with Crippen LogP contribution in [0.15, 0.2) is 66.7 Å². The largest absolute Gasteiger partial charge is 0.497 e. The van der Waals surface area contributed by atoms with Crippen molar-refractivity contribution in [2.45, 2.75) is 0 Å². The predicted molar refractivity (Wildman–Crippen MR) is 91.1 cm³/mol. The van der Waals surface area contributed by atoms with E-state index in [2.05, 4.69) is 5.32 Å². The molecule has 0 bridgehead atoms. The Bertz CT molecular complexity index is 812. The normalized spacial score (nSPS) is 10.3. The van der Waals surface area contributed by atoms with Crippen LogP contribution in [0.4, 0.5) is 5.69 Å². The zero-order valence-electron chi connectivity index (χ0n) is 12.8. The van der Waals surface area contributed by atoms with Gasteiger partial charge in [0.15, 0.2) is 0 Å². The van der Waals surface area contributed by atoms with Crippen LogP contribution in [0.25, 0.3) is 10.8 Å². The number of hydrogen-bond donors (Lipinski definition) is 1. The number of anilines is 1. The van der Waals surface area contributed by atoms with Crippen molar-refractivity contribution in [1.29, 1.82) is 0 Å². The molecule has 0 fully saturated rings. The lowest BCUT2D eigenvalue weighted by Crippen LogP contribution is -2.19. The van der Waals surface area contributed by atoms with Gasteiger partial charge in [0.2, 0.25) is 0 Å². The van der Waals surface area contributed by atoms with Crippen molar-refractivity contribution in [2.24, 2.45) is 0 Å². The second-order valence-corrected chi connectivity index (χ2v) is 5.07. The van der Waals surface area contributed by atoms with Crippen LogP contribution >= 0.6 is 0 Å². The Morgan fingerprint density at radius 3 is 2.35 bits per heavy atom. The molecule has 0 saturated carbocycles. The van der Waals surface area contributed by atoms with E-state index in [0.29, 0.717) is 5.75 Å². The Balaban J connectivity index is 1.59. The summed E-state index contributed by atoms with van der Waals surface area (Å²) in [5.74, 6) is 0.982. The molecule has 0 aromatic heterocycles. The van der Waals surface area contributed by atoms with Gasteiger partial charge in [-0.25, -0.2) is 4.79 Å². The average molecular weight is 307 g/mol. The Morgan fingerprint density at radius 1 is 0.913 bits per heavy atom. The molecule has 0 aliphatic heterocycles. The zero-order valence-corrected chi connectivity index (χ0v) is 12.8. The van der Waals surface area contributed by atoms with Gasteiger partial charge >= 0.3 is 5.97 Å². The van der Waals surface area contributed by atoms with Crippen LogP contribution in [0.3, 0.4) is 0 Å². The standard InChI is InChI=1S/C19H17NO3/c1-22-17-10-7-16(8-11-17)20-13-19(21)23-18-9-6-14-4-2-3-5-15(14)12-18/h2-12,20H,13H2,1H3. The molecule has 0 unspecified atom stereocenters. The average Bonchev–Trinajstić information content (AvgIpc) is 2.60. The minimum atomic E-state index is -0.337. The first-order chi connectivity index (χ1) is 11.2. The highest BCUT2D eigenvalue weighted by molar-refractivity contribution is 5.85. The van der Waals surface area contributed by atoms with Crippen LogP contribution in [-0.4, -0.2) is 19.6 Å². The minimum Gasteiger partial charge on any atom is -0.497 e. The van der Waals surface area contributed by atoms with E-state index in [-0.39, 0.29) is 12.5 Å². The molecule has 0 heterocycles. The summed E-state index contributed by atoms with van der Waals surface area (Å²) in [4.78, 5) is 11.9. The third-order valence-corrected chi connectivity index (χ3v) is 3.48. The molecule has 0 saturated heterocycles. The molecule has 1 N–H and O–H groups in total. The van der Waals surface area contributed by atoms with Gasteiger partial charge in [0, 0.05) is 5.69 Å². The van der Waals surface area contributed by atoms with Gasteiger partial charge in [0.1, 0.15) is 18.0 Å². The van der Waals surface area contributed by atoms with Crippen LogP contribution in [-0.2, 0) is 4.79 Å². The summed E-state index contributed by atoms with van der Waals surface area (Å²) < 4.78 is 10.5. The van der Waals surface area contributed by atoms with E-state index in [4.69, 9.17) is 9.47 Å². The first kappa shape index (κ1) is 14.9. The fraction of sp³-hybridized carbons (Fsp3) is 0.105. The molecule has 0 aliphatic carbocycles. The van der Waals surface area contributed by atoms with E-state index in [9.17, 15) is 4.79 Å². The first-order valence-electron chi connectivity index (χ1n) is 7.32. The van der Waals surface area contributed by atoms with Gasteiger partial charge < -0.3 is 14.8 Å². The second-order valence-electron chi connectivity index (χ2n) is 5.07. The first-order valence-corrected chi connectivity index (χ1v) is 7.32. The van der Waals surface area contributed by atoms with Crippen LogP contribution < -0.4 is 14.8 Å². The molecule has 4 heteroatoms. The fourth-order valence-electron chi connectivity index (χ4n) is 2.28. The van der Waals surface area contributed by atoms with E-state index >= 15 is 0 Å². The van der Waals surface area contributed by atoms with Crippen LogP contribution in [0.2, 0.25) is 0 Å². The maximum Gasteiger partial charge on any atom is 0.330 e. The number of nitrogens with one attached hydrogen (secondary N) is 1. The second kappa shape index (κ2) is 6.83. The van der Waals surface area contributed by atoms with Gasteiger partial charge in [-0.3, -0.25) is 0 Å². The molecule has 4 nitrogen and oxygen atoms in total. The Morgan fingerprint density at radius 2 is 1.61 bits per heavy atom. The van der Waals surface area contributed by atoms with Crippen molar-refractivity contribution >= 4 is 22.4 Å². The van der Waals surface area contributed by atoms with Crippen LogP contribution in [0.1, 0.15) is 0 Å². The number of ether oxygens (including phenoxy) is 2. The lowest BCUT2D eigenvalue weighted by molar-refractivity contribution is -0.132. The summed E-state index contributed by atoms with van der Waals surface area (Å²) in [7, 11) is 1.61. The molecule has 116 valence electrons. The Hall–Kier alpha value is -3.01. The topological polar surface area (TPSA) is 47.6 Å². The van der Waals surface area contributed by atoms with E-state index < -0.39 is 0 Å². The summed E-state index contributed by atoms with van der Waals surface area (Å²) in [5, 5.41) is 5.18. The number of hydrogen-bond acceptors (Lipinski definition) is 4. The number of methoxy groups -OCH3 is 1. The summed E-state index contributed by atoms with van der Waals surface area (Å²) in [5.41, 5.74) is 0.835. The monoisotopic (exact) mass is 307 g/mol. The number of carbonyl (C=O) groups is 1. The van der Waals surface area contributed by atoms with Gasteiger partial charge in [-0.2, -0.15) is 0 Å². The van der Waals surface area contributed by atoms with Crippen LogP contribution in [0.5, 0.6) is 11.5 Å². The maximum atomic E-state index is 11.9. The maximum absolute atomic E-state index is 11.9. The molecule has 0 amide bonds. The van der Waals surface area contributed by atoms with Crippen molar-refractivity contribution in [3.05, 3.63) is 66.7 Å². The highest BCUT2D eigenvalue weighted by Gasteiger charge is 2.05. The minimum absolute atomic E-state index is 0.0964. The number of benzene rings is 3. The summed E-state index contributed by atoms with van der Waals surface area (Å²) in [6.07, 6.45) is 0. The SMILES string of the molecule is COc1ccc(NCC(=O)Oc2ccc3ccccc3c2)cc1. The zero-order chi connectivity index (χ0) is 16.1. The third kappa shape index (κ3) is 3.80. The van der Waals surface area contributed by atoms with Crippen molar-refractivity contribution < 1.29 is 14.3 Å². The van der Waals surface area contributed by atoms with E-state index in [1.165, 1.54) is 0 Å². The van der Waals surface area contributed by atoms with Crippen LogP contribution in [0, 0.1) is 0 Å². The van der Waals surface area contributed by atoms with Gasteiger partial charge in [0.25, 0.3) is 0 Å². The molecular formula is C19H17NO3.